The second-order valence-corrected chi connectivity index (χ2v) is 8.23. The van der Waals surface area contributed by atoms with Crippen molar-refractivity contribution in [2.45, 2.75) is 12.7 Å². The number of aliphatic hydroxyl groups is 1. The number of carbonyl (C=O) groups is 1. The Hall–Kier alpha value is -3.94. The first-order chi connectivity index (χ1) is 17.6. The SMILES string of the molecule is Nc1ncnn2c(CNCCO)cc(-c3ccc(NC(=O)Nc4cc(C(F)(F)F)ccc4Cl)c(F)c3)c12. The van der Waals surface area contributed by atoms with E-state index in [2.05, 4.69) is 26.0 Å². The fraction of sp³-hybridized carbons (Fsp3) is 0.174. The molecule has 0 aliphatic carbocycles. The molecule has 2 aromatic heterocycles. The number of nitrogen functional groups attached to an aromatic ring is 1. The van der Waals surface area contributed by atoms with E-state index >= 15 is 0 Å². The normalized spacial score (nSPS) is 11.6. The van der Waals surface area contributed by atoms with Crippen molar-refractivity contribution in [3.63, 3.8) is 0 Å². The molecule has 0 bridgehead atoms. The lowest BCUT2D eigenvalue weighted by Gasteiger charge is -2.13. The number of benzene rings is 2. The zero-order valence-corrected chi connectivity index (χ0v) is 19.7. The third kappa shape index (κ3) is 5.74. The average molecular weight is 538 g/mol. The summed E-state index contributed by atoms with van der Waals surface area (Å²) in [6.07, 6.45) is -3.35. The van der Waals surface area contributed by atoms with Gasteiger partial charge in [0.2, 0.25) is 0 Å². The second kappa shape index (κ2) is 10.6. The summed E-state index contributed by atoms with van der Waals surface area (Å²) < 4.78 is 55.4. The van der Waals surface area contributed by atoms with Crippen LogP contribution in [0.5, 0.6) is 0 Å². The van der Waals surface area contributed by atoms with Crippen LogP contribution in [0.3, 0.4) is 0 Å². The molecule has 194 valence electrons. The maximum absolute atomic E-state index is 15.0. The smallest absolute Gasteiger partial charge is 0.395 e. The van der Waals surface area contributed by atoms with Crippen LogP contribution in [0.25, 0.3) is 16.6 Å². The van der Waals surface area contributed by atoms with Crippen LogP contribution in [0.2, 0.25) is 5.02 Å². The number of urea groups is 1. The second-order valence-electron chi connectivity index (χ2n) is 7.82. The molecule has 0 saturated carbocycles. The van der Waals surface area contributed by atoms with Crippen molar-refractivity contribution in [2.75, 3.05) is 29.5 Å². The number of rotatable bonds is 7. The molecule has 0 aliphatic rings. The van der Waals surface area contributed by atoms with Crippen LogP contribution in [0.15, 0.2) is 48.8 Å². The van der Waals surface area contributed by atoms with Crippen LogP contribution in [0.1, 0.15) is 11.3 Å². The van der Waals surface area contributed by atoms with E-state index in [1.165, 1.54) is 24.5 Å². The first-order valence-corrected chi connectivity index (χ1v) is 11.1. The van der Waals surface area contributed by atoms with Gasteiger partial charge >= 0.3 is 12.2 Å². The Bertz CT molecular complexity index is 1460. The van der Waals surface area contributed by atoms with Gasteiger partial charge < -0.3 is 26.8 Å². The number of anilines is 3. The zero-order chi connectivity index (χ0) is 26.7. The molecule has 9 nitrogen and oxygen atoms in total. The highest BCUT2D eigenvalue weighted by Gasteiger charge is 2.31. The highest BCUT2D eigenvalue weighted by molar-refractivity contribution is 6.33. The molecule has 0 spiro atoms. The topological polar surface area (TPSA) is 130 Å². The minimum atomic E-state index is -4.63. The van der Waals surface area contributed by atoms with Crippen molar-refractivity contribution < 1.29 is 27.5 Å². The van der Waals surface area contributed by atoms with E-state index in [0.717, 1.165) is 12.1 Å². The van der Waals surface area contributed by atoms with Crippen LogP contribution >= 0.6 is 11.6 Å². The predicted octanol–water partition coefficient (Wildman–Crippen LogP) is 4.52. The highest BCUT2D eigenvalue weighted by atomic mass is 35.5. The number of nitrogens with zero attached hydrogens (tertiary/aromatic N) is 3. The van der Waals surface area contributed by atoms with E-state index < -0.39 is 23.6 Å². The Balaban J connectivity index is 1.57. The Kier molecular flexibility index (Phi) is 7.47. The molecule has 37 heavy (non-hydrogen) atoms. The molecule has 0 saturated heterocycles. The van der Waals surface area contributed by atoms with Crippen molar-refractivity contribution >= 4 is 40.3 Å². The monoisotopic (exact) mass is 537 g/mol. The first kappa shape index (κ1) is 26.1. The van der Waals surface area contributed by atoms with Gasteiger partial charge in [-0.2, -0.15) is 18.3 Å². The van der Waals surface area contributed by atoms with Crippen molar-refractivity contribution in [2.24, 2.45) is 0 Å². The quantitative estimate of drug-likeness (QED) is 0.174. The van der Waals surface area contributed by atoms with Gasteiger partial charge in [-0.3, -0.25) is 0 Å². The van der Waals surface area contributed by atoms with Crippen molar-refractivity contribution in [1.82, 2.24) is 19.9 Å². The Morgan fingerprint density at radius 2 is 1.86 bits per heavy atom. The number of hydrogen-bond acceptors (Lipinski definition) is 6. The molecule has 2 aromatic carbocycles. The molecule has 0 atom stereocenters. The summed E-state index contributed by atoms with van der Waals surface area (Å²) in [6.45, 7) is 0.644. The van der Waals surface area contributed by atoms with Gasteiger partial charge in [0.05, 0.1) is 34.3 Å². The molecular formula is C23H20ClF4N7O2. The minimum absolute atomic E-state index is 0.0551. The summed E-state index contributed by atoms with van der Waals surface area (Å²) in [5.74, 6) is -0.643. The third-order valence-electron chi connectivity index (χ3n) is 5.32. The van der Waals surface area contributed by atoms with Gasteiger partial charge in [-0.15, -0.1) is 0 Å². The number of aromatic nitrogens is 3. The molecule has 4 aromatic rings. The summed E-state index contributed by atoms with van der Waals surface area (Å²) in [6, 6.07) is 7.21. The third-order valence-corrected chi connectivity index (χ3v) is 5.65. The number of halogens is 5. The molecule has 0 unspecified atom stereocenters. The molecule has 4 rings (SSSR count). The maximum Gasteiger partial charge on any atom is 0.416 e. The van der Waals surface area contributed by atoms with E-state index in [0.29, 0.717) is 41.5 Å². The Morgan fingerprint density at radius 1 is 1.11 bits per heavy atom. The number of hydrogen-bond donors (Lipinski definition) is 5. The Labute approximate surface area is 212 Å². The standard InChI is InChI=1S/C23H20ClF4N7O2/c24-16-3-2-13(23(26,27)28)8-19(16)34-22(37)33-18-4-1-12(7-17(18)25)15-9-14(10-30-5-6-36)35-20(15)21(29)31-11-32-35/h1-4,7-9,11,30,36H,5-6,10H2,(H2,29,31,32)(H2,33,34,37). The molecule has 2 amide bonds. The van der Waals surface area contributed by atoms with Gasteiger partial charge in [0.1, 0.15) is 17.7 Å². The van der Waals surface area contributed by atoms with Gasteiger partial charge in [0, 0.05) is 18.7 Å². The van der Waals surface area contributed by atoms with Crippen LogP contribution in [-0.4, -0.2) is 38.9 Å². The number of aliphatic hydroxyl groups excluding tert-OH is 1. The van der Waals surface area contributed by atoms with Crippen LogP contribution in [0, 0.1) is 5.82 Å². The van der Waals surface area contributed by atoms with Gasteiger partial charge in [0.25, 0.3) is 0 Å². The van der Waals surface area contributed by atoms with E-state index in [4.69, 9.17) is 22.4 Å². The lowest BCUT2D eigenvalue weighted by molar-refractivity contribution is -0.137. The first-order valence-electron chi connectivity index (χ1n) is 10.8. The van der Waals surface area contributed by atoms with E-state index in [9.17, 15) is 22.4 Å². The zero-order valence-electron chi connectivity index (χ0n) is 18.9. The molecule has 6 N–H and O–H groups in total. The van der Waals surface area contributed by atoms with Gasteiger partial charge in [-0.1, -0.05) is 17.7 Å². The van der Waals surface area contributed by atoms with Crippen molar-refractivity contribution in [3.05, 3.63) is 70.9 Å². The van der Waals surface area contributed by atoms with Gasteiger partial charge in [0.15, 0.2) is 5.82 Å². The highest BCUT2D eigenvalue weighted by Crippen LogP contribution is 2.35. The number of amides is 2. The number of carbonyl (C=O) groups excluding carboxylic acids is 1. The largest absolute Gasteiger partial charge is 0.416 e. The van der Waals surface area contributed by atoms with Gasteiger partial charge in [-0.05, 0) is 42.0 Å². The lowest BCUT2D eigenvalue weighted by Crippen LogP contribution is -2.20. The number of nitrogens with two attached hydrogens (primary N) is 1. The molecule has 14 heteroatoms. The maximum atomic E-state index is 15.0. The summed E-state index contributed by atoms with van der Waals surface area (Å²) in [5, 5.41) is 20.6. The van der Waals surface area contributed by atoms with Crippen molar-refractivity contribution in [1.29, 1.82) is 0 Å². The molecule has 0 aliphatic heterocycles. The number of fused-ring (bicyclic) bond motifs is 1. The molecule has 2 heterocycles. The fourth-order valence-electron chi connectivity index (χ4n) is 3.63. The summed E-state index contributed by atoms with van der Waals surface area (Å²) in [4.78, 5) is 16.4. The van der Waals surface area contributed by atoms with Gasteiger partial charge in [-0.25, -0.2) is 18.7 Å². The predicted molar refractivity (Wildman–Crippen MR) is 131 cm³/mol. The molecule has 0 radical (unpaired) electrons. The summed E-state index contributed by atoms with van der Waals surface area (Å²) in [7, 11) is 0. The van der Waals surface area contributed by atoms with Crippen LogP contribution < -0.4 is 21.7 Å². The summed E-state index contributed by atoms with van der Waals surface area (Å²) >= 11 is 5.89. The van der Waals surface area contributed by atoms with E-state index in [1.54, 1.807) is 10.6 Å². The minimum Gasteiger partial charge on any atom is -0.395 e. The average Bonchev–Trinajstić information content (AvgIpc) is 3.21. The van der Waals surface area contributed by atoms with Crippen molar-refractivity contribution in [3.8, 4) is 11.1 Å². The van der Waals surface area contributed by atoms with E-state index in [-0.39, 0.29) is 28.8 Å². The fourth-order valence-corrected chi connectivity index (χ4v) is 3.80. The van der Waals surface area contributed by atoms with Crippen LogP contribution in [-0.2, 0) is 12.7 Å². The number of nitrogens with one attached hydrogen (secondary N) is 3. The lowest BCUT2D eigenvalue weighted by atomic mass is 10.1. The molecular weight excluding hydrogens is 518 g/mol. The van der Waals surface area contributed by atoms with E-state index in [1.807, 2.05) is 0 Å². The van der Waals surface area contributed by atoms with Crippen LogP contribution in [0.4, 0.5) is 39.5 Å². The summed E-state index contributed by atoms with van der Waals surface area (Å²) in [5.41, 5.74) is 6.61. The number of alkyl halides is 3. The molecule has 0 fully saturated rings. The Morgan fingerprint density at radius 3 is 2.57 bits per heavy atom.